The third-order valence-corrected chi connectivity index (χ3v) is 5.87. The Morgan fingerprint density at radius 2 is 1.86 bits per heavy atom. The summed E-state index contributed by atoms with van der Waals surface area (Å²) >= 11 is 0. The molecule has 28 heavy (non-hydrogen) atoms. The minimum absolute atomic E-state index is 0.660. The van der Waals surface area contributed by atoms with Crippen molar-refractivity contribution in [2.75, 3.05) is 13.1 Å². The van der Waals surface area contributed by atoms with Crippen molar-refractivity contribution in [1.82, 2.24) is 4.90 Å². The van der Waals surface area contributed by atoms with Crippen LogP contribution in [0, 0.1) is 18.3 Å². The van der Waals surface area contributed by atoms with E-state index in [1.807, 2.05) is 30.3 Å². The number of hydrogen-bond donors (Lipinski definition) is 0. The van der Waals surface area contributed by atoms with Crippen LogP contribution in [-0.2, 0) is 6.42 Å². The minimum atomic E-state index is 0.660. The number of nitriles is 1. The lowest BCUT2D eigenvalue weighted by molar-refractivity contribution is 0.272. The molecule has 1 aromatic heterocycles. The van der Waals surface area contributed by atoms with Crippen LogP contribution in [0.4, 0.5) is 0 Å². The van der Waals surface area contributed by atoms with Gasteiger partial charge in [0.2, 0.25) is 0 Å². The average Bonchev–Trinajstić information content (AvgIpc) is 3.35. The summed E-state index contributed by atoms with van der Waals surface area (Å²) in [5.74, 6) is 1.75. The molecule has 1 aliphatic rings. The third kappa shape index (κ3) is 3.74. The summed E-state index contributed by atoms with van der Waals surface area (Å²) in [6, 6.07) is 21.0. The van der Waals surface area contributed by atoms with E-state index in [1.165, 1.54) is 36.1 Å². The van der Waals surface area contributed by atoms with Crippen LogP contribution in [0.1, 0.15) is 36.5 Å². The van der Waals surface area contributed by atoms with Crippen molar-refractivity contribution in [3.63, 3.8) is 0 Å². The summed E-state index contributed by atoms with van der Waals surface area (Å²) < 4.78 is 6.25. The van der Waals surface area contributed by atoms with Gasteiger partial charge in [-0.1, -0.05) is 18.2 Å². The fraction of sp³-hybridized carbons (Fsp3) is 0.320. The molecule has 1 saturated heterocycles. The van der Waals surface area contributed by atoms with Gasteiger partial charge >= 0.3 is 0 Å². The standard InChI is InChI=1S/C25H26N2O/c1-18-5-3-7-22(14-16-27-15-4-6-19(27)2)25(18)24-13-12-23(28-24)21-10-8-20(17-26)9-11-21/h3,5,7-13,19H,4,6,14-16H2,1-2H3/t19-/m1/s1. The number of aryl methyl sites for hydroxylation is 1. The van der Waals surface area contributed by atoms with Crippen LogP contribution in [-0.4, -0.2) is 24.0 Å². The molecule has 0 radical (unpaired) electrons. The maximum Gasteiger partial charge on any atom is 0.135 e. The molecule has 0 bridgehead atoms. The van der Waals surface area contributed by atoms with Crippen molar-refractivity contribution in [2.24, 2.45) is 0 Å². The number of likely N-dealkylation sites (tertiary alicyclic amines) is 1. The molecule has 3 nitrogen and oxygen atoms in total. The van der Waals surface area contributed by atoms with Gasteiger partial charge in [-0.05, 0) is 87.2 Å². The zero-order valence-electron chi connectivity index (χ0n) is 16.6. The monoisotopic (exact) mass is 370 g/mol. The zero-order chi connectivity index (χ0) is 19.5. The first-order valence-corrected chi connectivity index (χ1v) is 10.1. The summed E-state index contributed by atoms with van der Waals surface area (Å²) in [5, 5.41) is 8.98. The van der Waals surface area contributed by atoms with Gasteiger partial charge in [-0.3, -0.25) is 0 Å². The van der Waals surface area contributed by atoms with Gasteiger partial charge in [0, 0.05) is 23.7 Å². The first-order valence-electron chi connectivity index (χ1n) is 10.1. The van der Waals surface area contributed by atoms with Gasteiger partial charge in [0.25, 0.3) is 0 Å². The molecule has 3 aromatic rings. The number of furan rings is 1. The molecular weight excluding hydrogens is 344 g/mol. The Balaban J connectivity index is 1.60. The highest BCUT2D eigenvalue weighted by Crippen LogP contribution is 2.33. The normalized spacial score (nSPS) is 17.0. The maximum atomic E-state index is 8.98. The molecule has 0 saturated carbocycles. The molecule has 0 aliphatic carbocycles. The van der Waals surface area contributed by atoms with Crippen LogP contribution in [0.5, 0.6) is 0 Å². The highest BCUT2D eigenvalue weighted by molar-refractivity contribution is 5.70. The minimum Gasteiger partial charge on any atom is -0.456 e. The average molecular weight is 370 g/mol. The van der Waals surface area contributed by atoms with Crippen molar-refractivity contribution in [1.29, 1.82) is 5.26 Å². The lowest BCUT2D eigenvalue weighted by Crippen LogP contribution is -2.29. The van der Waals surface area contributed by atoms with Gasteiger partial charge in [0.15, 0.2) is 0 Å². The smallest absolute Gasteiger partial charge is 0.135 e. The molecule has 142 valence electrons. The van der Waals surface area contributed by atoms with Crippen LogP contribution in [0.2, 0.25) is 0 Å². The van der Waals surface area contributed by atoms with Gasteiger partial charge in [0.1, 0.15) is 11.5 Å². The molecule has 1 fully saturated rings. The maximum absolute atomic E-state index is 8.98. The van der Waals surface area contributed by atoms with Gasteiger partial charge in [-0.25, -0.2) is 0 Å². The van der Waals surface area contributed by atoms with Crippen LogP contribution < -0.4 is 0 Å². The van der Waals surface area contributed by atoms with E-state index >= 15 is 0 Å². The van der Waals surface area contributed by atoms with Crippen LogP contribution in [0.25, 0.3) is 22.6 Å². The van der Waals surface area contributed by atoms with Crippen molar-refractivity contribution >= 4 is 0 Å². The summed E-state index contributed by atoms with van der Waals surface area (Å²) in [6.45, 7) is 6.80. The molecule has 1 aliphatic heterocycles. The van der Waals surface area contributed by atoms with Gasteiger partial charge in [0.05, 0.1) is 11.6 Å². The highest BCUT2D eigenvalue weighted by Gasteiger charge is 2.20. The van der Waals surface area contributed by atoms with Crippen molar-refractivity contribution in [3.8, 4) is 28.7 Å². The quantitative estimate of drug-likeness (QED) is 0.568. The van der Waals surface area contributed by atoms with E-state index in [9.17, 15) is 0 Å². The largest absolute Gasteiger partial charge is 0.456 e. The highest BCUT2D eigenvalue weighted by atomic mass is 16.3. The predicted octanol–water partition coefficient (Wildman–Crippen LogP) is 5.82. The van der Waals surface area contributed by atoms with Crippen LogP contribution in [0.15, 0.2) is 59.0 Å². The van der Waals surface area contributed by atoms with E-state index in [0.717, 1.165) is 30.0 Å². The Hall–Kier alpha value is -2.83. The van der Waals surface area contributed by atoms with Crippen molar-refractivity contribution in [2.45, 2.75) is 39.2 Å². The van der Waals surface area contributed by atoms with E-state index < -0.39 is 0 Å². The topological polar surface area (TPSA) is 40.2 Å². The van der Waals surface area contributed by atoms with E-state index in [2.05, 4.69) is 49.1 Å². The zero-order valence-corrected chi connectivity index (χ0v) is 16.6. The van der Waals surface area contributed by atoms with E-state index in [0.29, 0.717) is 11.6 Å². The molecule has 4 rings (SSSR count). The van der Waals surface area contributed by atoms with Gasteiger partial charge < -0.3 is 9.32 Å². The Labute approximate surface area is 167 Å². The Bertz CT molecular complexity index is 994. The summed E-state index contributed by atoms with van der Waals surface area (Å²) in [5.41, 5.74) is 5.46. The molecule has 0 spiro atoms. The molecule has 0 N–H and O–H groups in total. The number of rotatable bonds is 5. The Morgan fingerprint density at radius 3 is 2.57 bits per heavy atom. The Morgan fingerprint density at radius 1 is 1.07 bits per heavy atom. The summed E-state index contributed by atoms with van der Waals surface area (Å²) in [7, 11) is 0. The van der Waals surface area contributed by atoms with Crippen LogP contribution >= 0.6 is 0 Å². The molecule has 2 aromatic carbocycles. The first-order chi connectivity index (χ1) is 13.7. The number of hydrogen-bond acceptors (Lipinski definition) is 3. The lowest BCUT2D eigenvalue weighted by Gasteiger charge is -2.21. The lowest BCUT2D eigenvalue weighted by atomic mass is 9.97. The van der Waals surface area contributed by atoms with Crippen molar-refractivity contribution < 1.29 is 4.42 Å². The SMILES string of the molecule is Cc1cccc(CCN2CCC[C@H]2C)c1-c1ccc(-c2ccc(C#N)cc2)o1. The second kappa shape index (κ2) is 8.04. The molecule has 0 unspecified atom stereocenters. The van der Waals surface area contributed by atoms with Crippen LogP contribution in [0.3, 0.4) is 0 Å². The second-order valence-electron chi connectivity index (χ2n) is 7.74. The molecule has 0 amide bonds. The number of nitrogens with zero attached hydrogens (tertiary/aromatic N) is 2. The Kier molecular flexibility index (Phi) is 5.32. The molecule has 2 heterocycles. The number of benzene rings is 2. The van der Waals surface area contributed by atoms with Crippen molar-refractivity contribution in [3.05, 3.63) is 71.3 Å². The summed E-state index contributed by atoms with van der Waals surface area (Å²) in [6.07, 6.45) is 3.66. The third-order valence-electron chi connectivity index (χ3n) is 5.87. The second-order valence-corrected chi connectivity index (χ2v) is 7.74. The summed E-state index contributed by atoms with van der Waals surface area (Å²) in [4.78, 5) is 2.59. The first kappa shape index (κ1) is 18.5. The van der Waals surface area contributed by atoms with E-state index in [-0.39, 0.29) is 0 Å². The molecular formula is C25H26N2O. The van der Waals surface area contributed by atoms with E-state index in [4.69, 9.17) is 9.68 Å². The molecule has 1 atom stereocenters. The predicted molar refractivity (Wildman–Crippen MR) is 113 cm³/mol. The fourth-order valence-electron chi connectivity index (χ4n) is 4.21. The molecule has 3 heteroatoms. The van der Waals surface area contributed by atoms with E-state index in [1.54, 1.807) is 0 Å². The fourth-order valence-corrected chi connectivity index (χ4v) is 4.21. The van der Waals surface area contributed by atoms with Gasteiger partial charge in [-0.2, -0.15) is 5.26 Å². The van der Waals surface area contributed by atoms with Gasteiger partial charge in [-0.15, -0.1) is 0 Å².